The molecular weight excluding hydrogens is 735 g/mol. The highest BCUT2D eigenvalue weighted by molar-refractivity contribution is 5.95. The van der Waals surface area contributed by atoms with Gasteiger partial charge in [-0.15, -0.1) is 0 Å². The number of ether oxygens (including phenoxy) is 1. The minimum atomic E-state index is -0.532. The summed E-state index contributed by atoms with van der Waals surface area (Å²) in [6.07, 6.45) is 6.92. The zero-order valence-corrected chi connectivity index (χ0v) is 33.1. The van der Waals surface area contributed by atoms with E-state index in [-0.39, 0.29) is 47.0 Å². The van der Waals surface area contributed by atoms with Gasteiger partial charge < -0.3 is 36.6 Å². The lowest BCUT2D eigenvalue weighted by molar-refractivity contribution is -0.124. The summed E-state index contributed by atoms with van der Waals surface area (Å²) in [6.45, 7) is 9.80. The zero-order valence-electron chi connectivity index (χ0n) is 33.1. The van der Waals surface area contributed by atoms with Gasteiger partial charge >= 0.3 is 0 Å². The quantitative estimate of drug-likeness (QED) is 0.200. The molecule has 4 aliphatic heterocycles. The highest BCUT2D eigenvalue weighted by atomic mass is 19.1. The summed E-state index contributed by atoms with van der Waals surface area (Å²) in [7, 11) is 0. The highest BCUT2D eigenvalue weighted by Gasteiger charge is 2.28. The number of amides is 4. The molecule has 0 spiro atoms. The van der Waals surface area contributed by atoms with E-state index in [1.165, 1.54) is 12.1 Å². The molecule has 0 aromatic heterocycles. The van der Waals surface area contributed by atoms with Gasteiger partial charge in [0.15, 0.2) is 0 Å². The van der Waals surface area contributed by atoms with Gasteiger partial charge in [0.25, 0.3) is 11.8 Å². The van der Waals surface area contributed by atoms with Crippen molar-refractivity contribution in [3.05, 3.63) is 70.3 Å². The monoisotopic (exact) mass is 794 g/mol. The van der Waals surface area contributed by atoms with Crippen LogP contribution in [0.25, 0.3) is 0 Å². The molecule has 0 atom stereocenters. The molecule has 13 nitrogen and oxygen atoms in total. The predicted octanol–water partition coefficient (Wildman–Crippen LogP) is 2.46. The van der Waals surface area contributed by atoms with Crippen LogP contribution in [0, 0.1) is 23.5 Å². The van der Waals surface area contributed by atoms with Gasteiger partial charge in [-0.3, -0.25) is 29.0 Å². The maximum atomic E-state index is 14.9. The Balaban J connectivity index is 0.806. The van der Waals surface area contributed by atoms with E-state index in [0.29, 0.717) is 65.0 Å². The number of halogens is 2. The Bertz CT molecular complexity index is 1560. The Labute approximate surface area is 334 Å². The van der Waals surface area contributed by atoms with Gasteiger partial charge in [-0.25, -0.2) is 8.78 Å². The van der Waals surface area contributed by atoms with Gasteiger partial charge in [-0.05, 0) is 113 Å². The van der Waals surface area contributed by atoms with Crippen LogP contribution in [0.5, 0.6) is 0 Å². The number of hydrogen-bond donors (Lipinski definition) is 4. The fourth-order valence-electron chi connectivity index (χ4n) is 8.61. The second kappa shape index (κ2) is 20.6. The largest absolute Gasteiger partial charge is 0.375 e. The third-order valence-corrected chi connectivity index (χ3v) is 12.2. The van der Waals surface area contributed by atoms with E-state index < -0.39 is 23.4 Å². The molecule has 0 bridgehead atoms. The van der Waals surface area contributed by atoms with Crippen LogP contribution in [0.3, 0.4) is 0 Å². The molecule has 312 valence electrons. The molecule has 0 radical (unpaired) electrons. The van der Waals surface area contributed by atoms with Crippen molar-refractivity contribution < 1.29 is 32.7 Å². The van der Waals surface area contributed by atoms with Crippen LogP contribution in [0.2, 0.25) is 0 Å². The van der Waals surface area contributed by atoms with Crippen LogP contribution >= 0.6 is 0 Å². The van der Waals surface area contributed by atoms with Gasteiger partial charge in [0.05, 0.1) is 23.3 Å². The molecule has 4 heterocycles. The smallest absolute Gasteiger partial charge is 0.254 e. The minimum Gasteiger partial charge on any atom is -0.375 e. The molecule has 0 aliphatic carbocycles. The number of rotatable bonds is 16. The molecule has 4 aliphatic rings. The third-order valence-electron chi connectivity index (χ3n) is 12.2. The van der Waals surface area contributed by atoms with Crippen molar-refractivity contribution in [2.75, 3.05) is 78.5 Å². The summed E-state index contributed by atoms with van der Waals surface area (Å²) in [5.41, 5.74) is 12.5. The fraction of sp³-hybridized carbons (Fsp3) is 0.619. The third kappa shape index (κ3) is 12.5. The first-order chi connectivity index (χ1) is 27.5. The lowest BCUT2D eigenvalue weighted by atomic mass is 9.96. The van der Waals surface area contributed by atoms with E-state index in [1.807, 2.05) is 0 Å². The first-order valence-corrected chi connectivity index (χ1v) is 20.8. The number of carbonyl (C=O) groups is 4. The molecular formula is C42H60F2N8O5. The number of nitrogens with zero attached hydrogens (tertiary/aromatic N) is 4. The number of hydrogen-bond acceptors (Lipinski definition) is 9. The summed E-state index contributed by atoms with van der Waals surface area (Å²) in [6, 6.07) is 9.54. The molecule has 2 aromatic carbocycles. The average molecular weight is 795 g/mol. The highest BCUT2D eigenvalue weighted by Crippen LogP contribution is 2.23. The van der Waals surface area contributed by atoms with Gasteiger partial charge in [0.1, 0.15) is 11.6 Å². The van der Waals surface area contributed by atoms with E-state index >= 15 is 0 Å². The summed E-state index contributed by atoms with van der Waals surface area (Å²) >= 11 is 0. The second-order valence-corrected chi connectivity index (χ2v) is 16.3. The summed E-state index contributed by atoms with van der Waals surface area (Å²) in [4.78, 5) is 57.3. The van der Waals surface area contributed by atoms with Crippen molar-refractivity contribution in [1.29, 1.82) is 0 Å². The SMILES string of the molecule is NC(=O)C1CCN(Cc2ccc(C(=O)NCCN3CCC(OC4CCN(CCNC(=O)c5ccc(CN6CCC(C(N)=O)CC6)cc5F)CC4)CC3)c(F)c2)CC1. The lowest BCUT2D eigenvalue weighted by Crippen LogP contribution is -2.45. The van der Waals surface area contributed by atoms with Crippen molar-refractivity contribution in [2.45, 2.75) is 76.7 Å². The molecule has 6 N–H and O–H groups in total. The normalized spacial score (nSPS) is 20.4. The molecule has 2 aromatic rings. The van der Waals surface area contributed by atoms with Crippen LogP contribution in [-0.4, -0.2) is 134 Å². The number of likely N-dealkylation sites (tertiary alicyclic amines) is 4. The molecule has 15 heteroatoms. The van der Waals surface area contributed by atoms with Crippen molar-refractivity contribution in [1.82, 2.24) is 30.2 Å². The second-order valence-electron chi connectivity index (χ2n) is 16.3. The Hall–Kier alpha value is -4.02. The Morgan fingerprint density at radius 1 is 0.561 bits per heavy atom. The Morgan fingerprint density at radius 3 is 1.25 bits per heavy atom. The van der Waals surface area contributed by atoms with Crippen LogP contribution in [-0.2, 0) is 27.4 Å². The summed E-state index contributed by atoms with van der Waals surface area (Å²) < 4.78 is 36.3. The maximum Gasteiger partial charge on any atom is 0.254 e. The fourth-order valence-corrected chi connectivity index (χ4v) is 8.61. The minimum absolute atomic E-state index is 0.0406. The molecule has 0 saturated carbocycles. The Kier molecular flexibility index (Phi) is 15.4. The summed E-state index contributed by atoms with van der Waals surface area (Å²) in [5.74, 6) is -2.60. The van der Waals surface area contributed by atoms with Gasteiger partial charge in [-0.1, -0.05) is 12.1 Å². The van der Waals surface area contributed by atoms with E-state index in [0.717, 1.165) is 89.2 Å². The summed E-state index contributed by atoms with van der Waals surface area (Å²) in [5, 5.41) is 5.74. The lowest BCUT2D eigenvalue weighted by Gasteiger charge is -2.37. The standard InChI is InChI=1S/C42H60F2N8O5/c43-37-25-29(27-51-15-5-31(6-16-51)39(45)53)1-3-35(37)41(55)47-13-23-49-19-9-33(10-20-49)57-34-11-21-50(22-12-34)24-14-48-42(56)36-4-2-30(26-38(36)44)28-52-17-7-32(8-18-52)40(46)54/h1-4,25-26,31-34H,5-24,27-28H2,(H2,45,53)(H2,46,54)(H,47,55)(H,48,56). The Morgan fingerprint density at radius 2 is 0.912 bits per heavy atom. The van der Waals surface area contributed by atoms with Crippen LogP contribution in [0.15, 0.2) is 36.4 Å². The van der Waals surface area contributed by atoms with Crippen molar-refractivity contribution in [3.63, 3.8) is 0 Å². The number of benzene rings is 2. The van der Waals surface area contributed by atoms with Gasteiger partial charge in [-0.2, -0.15) is 0 Å². The van der Waals surface area contributed by atoms with Crippen molar-refractivity contribution in [2.24, 2.45) is 23.3 Å². The molecule has 4 saturated heterocycles. The number of piperidine rings is 4. The molecule has 4 fully saturated rings. The number of carbonyl (C=O) groups excluding carboxylic acids is 4. The predicted molar refractivity (Wildman–Crippen MR) is 212 cm³/mol. The van der Waals surface area contributed by atoms with E-state index in [9.17, 15) is 28.0 Å². The maximum absolute atomic E-state index is 14.9. The van der Waals surface area contributed by atoms with Crippen LogP contribution in [0.1, 0.15) is 83.2 Å². The van der Waals surface area contributed by atoms with Crippen LogP contribution in [0.4, 0.5) is 8.78 Å². The van der Waals surface area contributed by atoms with Gasteiger partial charge in [0, 0.05) is 77.3 Å². The van der Waals surface area contributed by atoms with E-state index in [2.05, 4.69) is 30.2 Å². The first-order valence-electron chi connectivity index (χ1n) is 20.8. The van der Waals surface area contributed by atoms with Crippen LogP contribution < -0.4 is 22.1 Å². The molecule has 57 heavy (non-hydrogen) atoms. The number of nitrogens with one attached hydrogen (secondary N) is 2. The van der Waals surface area contributed by atoms with Crippen molar-refractivity contribution >= 4 is 23.6 Å². The van der Waals surface area contributed by atoms with Crippen molar-refractivity contribution in [3.8, 4) is 0 Å². The molecule has 6 rings (SSSR count). The van der Waals surface area contributed by atoms with E-state index in [4.69, 9.17) is 16.2 Å². The van der Waals surface area contributed by atoms with E-state index in [1.54, 1.807) is 24.3 Å². The first kappa shape index (κ1) is 42.6. The number of primary amides is 2. The zero-order chi connectivity index (χ0) is 40.3. The molecule has 4 amide bonds. The number of nitrogens with two attached hydrogens (primary N) is 2. The molecule has 0 unspecified atom stereocenters. The average Bonchev–Trinajstić information content (AvgIpc) is 3.19. The van der Waals surface area contributed by atoms with Gasteiger partial charge in [0.2, 0.25) is 11.8 Å². The topological polar surface area (TPSA) is 167 Å².